The Hall–Kier alpha value is -2.41. The summed E-state index contributed by atoms with van der Waals surface area (Å²) in [6.07, 6.45) is 0.854. The molecule has 0 amide bonds. The summed E-state index contributed by atoms with van der Waals surface area (Å²) < 4.78 is 8.26. The van der Waals surface area contributed by atoms with Gasteiger partial charge in [-0.25, -0.2) is 4.68 Å². The largest absolute Gasteiger partial charge is 0.497 e. The Morgan fingerprint density at radius 1 is 1.17 bits per heavy atom. The van der Waals surface area contributed by atoms with E-state index in [1.807, 2.05) is 22.9 Å². The lowest BCUT2D eigenvalue weighted by atomic mass is 9.93. The molecular formula is C17H16BrN5O. The van der Waals surface area contributed by atoms with Crippen molar-refractivity contribution in [2.75, 3.05) is 12.4 Å². The Bertz CT molecular complexity index is 848. The zero-order valence-electron chi connectivity index (χ0n) is 13.1. The van der Waals surface area contributed by atoms with Crippen molar-refractivity contribution in [1.82, 2.24) is 20.2 Å². The molecule has 0 radical (unpaired) electrons. The van der Waals surface area contributed by atoms with Crippen LogP contribution in [0.4, 0.5) is 5.95 Å². The predicted octanol–water partition coefficient (Wildman–Crippen LogP) is 3.59. The smallest absolute Gasteiger partial charge is 0.243 e. The Kier molecular flexibility index (Phi) is 3.93. The first-order chi connectivity index (χ1) is 11.7. The lowest BCUT2D eigenvalue weighted by molar-refractivity contribution is 0.404. The third kappa shape index (κ3) is 2.75. The van der Waals surface area contributed by atoms with Gasteiger partial charge in [0.1, 0.15) is 5.75 Å². The lowest BCUT2D eigenvalue weighted by Crippen LogP contribution is -2.28. The van der Waals surface area contributed by atoms with E-state index in [1.165, 1.54) is 5.56 Å². The van der Waals surface area contributed by atoms with Gasteiger partial charge in [-0.1, -0.05) is 45.3 Å². The highest BCUT2D eigenvalue weighted by Crippen LogP contribution is 2.37. The fraction of sp³-hybridized carbons (Fsp3) is 0.235. The average Bonchev–Trinajstić information content (AvgIpc) is 3.10. The molecule has 2 aromatic carbocycles. The molecule has 2 heterocycles. The van der Waals surface area contributed by atoms with E-state index < -0.39 is 0 Å². The molecule has 2 unspecified atom stereocenters. The van der Waals surface area contributed by atoms with E-state index in [9.17, 15) is 0 Å². The van der Waals surface area contributed by atoms with Crippen molar-refractivity contribution in [2.45, 2.75) is 18.5 Å². The highest BCUT2D eigenvalue weighted by atomic mass is 79.9. The van der Waals surface area contributed by atoms with Crippen molar-refractivity contribution >= 4 is 21.9 Å². The second-order valence-corrected chi connectivity index (χ2v) is 6.64. The number of hydrogen-bond acceptors (Lipinski definition) is 5. The van der Waals surface area contributed by atoms with Gasteiger partial charge in [0.25, 0.3) is 0 Å². The molecule has 3 aromatic rings. The fourth-order valence-electron chi connectivity index (χ4n) is 3.08. The molecule has 1 N–H and O–H groups in total. The Balaban J connectivity index is 1.72. The first-order valence-electron chi connectivity index (χ1n) is 7.68. The van der Waals surface area contributed by atoms with Crippen LogP contribution in [0.3, 0.4) is 0 Å². The van der Waals surface area contributed by atoms with Gasteiger partial charge in [0.2, 0.25) is 5.95 Å². The average molecular weight is 386 g/mol. The lowest BCUT2D eigenvalue weighted by Gasteiger charge is -2.31. The molecule has 24 heavy (non-hydrogen) atoms. The summed E-state index contributed by atoms with van der Waals surface area (Å²) in [6, 6.07) is 16.6. The Morgan fingerprint density at radius 3 is 2.79 bits per heavy atom. The van der Waals surface area contributed by atoms with Gasteiger partial charge >= 0.3 is 0 Å². The summed E-state index contributed by atoms with van der Waals surface area (Å²) >= 11 is 3.48. The second kappa shape index (κ2) is 6.24. The molecule has 0 bridgehead atoms. The maximum absolute atomic E-state index is 5.36. The van der Waals surface area contributed by atoms with Gasteiger partial charge < -0.3 is 10.1 Å². The molecule has 0 saturated carbocycles. The van der Waals surface area contributed by atoms with Crippen LogP contribution in [0.2, 0.25) is 0 Å². The van der Waals surface area contributed by atoms with Gasteiger partial charge in [-0.3, -0.25) is 0 Å². The molecule has 1 aliphatic rings. The number of hydrogen-bond donors (Lipinski definition) is 1. The van der Waals surface area contributed by atoms with E-state index in [0.717, 1.165) is 22.2 Å². The molecule has 1 aromatic heterocycles. The first kappa shape index (κ1) is 15.1. The highest BCUT2D eigenvalue weighted by Gasteiger charge is 2.30. The van der Waals surface area contributed by atoms with E-state index in [-0.39, 0.29) is 12.1 Å². The van der Waals surface area contributed by atoms with E-state index in [2.05, 4.69) is 67.1 Å². The van der Waals surface area contributed by atoms with Crippen molar-refractivity contribution in [3.05, 3.63) is 64.1 Å². The number of benzene rings is 2. The molecule has 122 valence electrons. The highest BCUT2D eigenvalue weighted by molar-refractivity contribution is 9.10. The number of fused-ring (bicyclic) bond motifs is 1. The molecule has 7 heteroatoms. The van der Waals surface area contributed by atoms with Gasteiger partial charge in [0.05, 0.1) is 19.2 Å². The number of aromatic nitrogens is 4. The minimum atomic E-state index is 0.0556. The van der Waals surface area contributed by atoms with E-state index >= 15 is 0 Å². The first-order valence-corrected chi connectivity index (χ1v) is 8.48. The van der Waals surface area contributed by atoms with Crippen LogP contribution in [0.25, 0.3) is 0 Å². The normalized spacial score (nSPS) is 19.4. The van der Waals surface area contributed by atoms with Crippen LogP contribution in [0.1, 0.15) is 29.6 Å². The standard InChI is InChI=1S/C17H16BrN5O/c1-24-14-4-2-3-12(9-14)16-10-15(11-5-7-13(18)8-6-11)19-17-20-21-22-23(16)17/h2-9,15-16H,10H2,1H3,(H,19,20,22). The predicted molar refractivity (Wildman–Crippen MR) is 94.1 cm³/mol. The molecule has 4 rings (SSSR count). The summed E-state index contributed by atoms with van der Waals surface area (Å²) in [5, 5.41) is 15.5. The second-order valence-electron chi connectivity index (χ2n) is 5.72. The van der Waals surface area contributed by atoms with Crippen LogP contribution in [-0.4, -0.2) is 27.3 Å². The molecule has 2 atom stereocenters. The molecule has 0 aliphatic carbocycles. The number of nitrogens with one attached hydrogen (secondary N) is 1. The molecule has 0 spiro atoms. The summed E-state index contributed by atoms with van der Waals surface area (Å²) in [5.41, 5.74) is 2.34. The number of methoxy groups -OCH3 is 1. The topological polar surface area (TPSA) is 64.9 Å². The van der Waals surface area contributed by atoms with Gasteiger partial charge in [0.15, 0.2) is 0 Å². The van der Waals surface area contributed by atoms with Crippen molar-refractivity contribution in [1.29, 1.82) is 0 Å². The van der Waals surface area contributed by atoms with Gasteiger partial charge in [-0.05, 0) is 52.2 Å². The van der Waals surface area contributed by atoms with Crippen LogP contribution in [0.5, 0.6) is 5.75 Å². The van der Waals surface area contributed by atoms with E-state index in [0.29, 0.717) is 5.95 Å². The SMILES string of the molecule is COc1cccc(C2CC(c3ccc(Br)cc3)Nc3nnnn32)c1. The summed E-state index contributed by atoms with van der Waals surface area (Å²) in [4.78, 5) is 0. The zero-order chi connectivity index (χ0) is 16.5. The number of anilines is 1. The van der Waals surface area contributed by atoms with Crippen molar-refractivity contribution in [3.8, 4) is 5.75 Å². The Morgan fingerprint density at radius 2 is 2.00 bits per heavy atom. The van der Waals surface area contributed by atoms with Crippen molar-refractivity contribution < 1.29 is 4.74 Å². The van der Waals surface area contributed by atoms with Gasteiger partial charge in [0, 0.05) is 4.47 Å². The minimum Gasteiger partial charge on any atom is -0.497 e. The van der Waals surface area contributed by atoms with Gasteiger partial charge in [-0.2, -0.15) is 0 Å². The van der Waals surface area contributed by atoms with Crippen LogP contribution in [0.15, 0.2) is 53.0 Å². The summed E-state index contributed by atoms with van der Waals surface area (Å²) in [5.74, 6) is 1.52. The molecule has 0 saturated heterocycles. The summed E-state index contributed by atoms with van der Waals surface area (Å²) in [7, 11) is 1.68. The molecular weight excluding hydrogens is 370 g/mol. The molecule has 6 nitrogen and oxygen atoms in total. The fourth-order valence-corrected chi connectivity index (χ4v) is 3.34. The Labute approximate surface area is 148 Å². The van der Waals surface area contributed by atoms with Gasteiger partial charge in [-0.15, -0.1) is 0 Å². The van der Waals surface area contributed by atoms with Crippen molar-refractivity contribution in [2.24, 2.45) is 0 Å². The van der Waals surface area contributed by atoms with E-state index in [4.69, 9.17) is 4.74 Å². The number of halogens is 1. The molecule has 1 aliphatic heterocycles. The monoisotopic (exact) mass is 385 g/mol. The third-order valence-electron chi connectivity index (χ3n) is 4.30. The third-order valence-corrected chi connectivity index (χ3v) is 4.83. The number of rotatable bonds is 3. The maximum Gasteiger partial charge on any atom is 0.243 e. The summed E-state index contributed by atoms with van der Waals surface area (Å²) in [6.45, 7) is 0. The van der Waals surface area contributed by atoms with Crippen molar-refractivity contribution in [3.63, 3.8) is 0 Å². The van der Waals surface area contributed by atoms with Crippen LogP contribution in [-0.2, 0) is 0 Å². The van der Waals surface area contributed by atoms with Crippen LogP contribution < -0.4 is 10.1 Å². The minimum absolute atomic E-state index is 0.0556. The maximum atomic E-state index is 5.36. The number of nitrogens with zero attached hydrogens (tertiary/aromatic N) is 4. The number of ether oxygens (including phenoxy) is 1. The van der Waals surface area contributed by atoms with Crippen LogP contribution >= 0.6 is 15.9 Å². The van der Waals surface area contributed by atoms with E-state index in [1.54, 1.807) is 7.11 Å². The quantitative estimate of drug-likeness (QED) is 0.745. The molecule has 0 fully saturated rings. The number of tetrazole rings is 1. The van der Waals surface area contributed by atoms with Crippen LogP contribution in [0, 0.1) is 0 Å². The zero-order valence-corrected chi connectivity index (χ0v) is 14.6.